The van der Waals surface area contributed by atoms with Gasteiger partial charge in [-0.05, 0) is 66.9 Å². The molecule has 4 aromatic rings. The van der Waals surface area contributed by atoms with Gasteiger partial charge in [-0.3, -0.25) is 9.59 Å². The lowest BCUT2D eigenvalue weighted by atomic mass is 9.94. The highest BCUT2D eigenvalue weighted by Crippen LogP contribution is 2.43. The average Bonchev–Trinajstić information content (AvgIpc) is 3.61. The quantitative estimate of drug-likeness (QED) is 0.395. The lowest BCUT2D eigenvalue weighted by Crippen LogP contribution is -2.42. The van der Waals surface area contributed by atoms with Crippen molar-refractivity contribution in [1.82, 2.24) is 15.1 Å². The Balaban J connectivity index is 1.42. The van der Waals surface area contributed by atoms with E-state index < -0.39 is 18.0 Å². The Bertz CT molecular complexity index is 1480. The normalized spacial score (nSPS) is 21.8. The Morgan fingerprint density at radius 1 is 1.06 bits per heavy atom. The minimum absolute atomic E-state index is 0.00502. The van der Waals surface area contributed by atoms with Crippen molar-refractivity contribution in [3.63, 3.8) is 0 Å². The van der Waals surface area contributed by atoms with E-state index in [2.05, 4.69) is 10.4 Å². The molecular weight excluding hydrogens is 479 g/mol. The largest absolute Gasteiger partial charge is 0.350 e. The molecule has 0 bridgehead atoms. The zero-order chi connectivity index (χ0) is 25.0. The van der Waals surface area contributed by atoms with Crippen LogP contribution in [0.5, 0.6) is 0 Å². The Morgan fingerprint density at radius 2 is 1.78 bits per heavy atom. The third kappa shape index (κ3) is 3.84. The second-order valence-corrected chi connectivity index (χ2v) is 9.96. The Morgan fingerprint density at radius 3 is 2.50 bits per heavy atom. The summed E-state index contributed by atoms with van der Waals surface area (Å²) in [7, 11) is 0. The molecule has 1 unspecified atom stereocenters. The minimum Gasteiger partial charge on any atom is -0.350 e. The molecule has 1 saturated heterocycles. The first-order valence-corrected chi connectivity index (χ1v) is 12.4. The van der Waals surface area contributed by atoms with Crippen molar-refractivity contribution in [3.8, 4) is 5.69 Å². The third-order valence-electron chi connectivity index (χ3n) is 7.17. The predicted octanol–water partition coefficient (Wildman–Crippen LogP) is 5.44. The molecule has 8 heteroatoms. The van der Waals surface area contributed by atoms with Gasteiger partial charge in [-0.15, -0.1) is 0 Å². The molecule has 1 saturated carbocycles. The predicted molar refractivity (Wildman–Crippen MR) is 137 cm³/mol. The second kappa shape index (κ2) is 8.75. The Labute approximate surface area is 212 Å². The highest BCUT2D eigenvalue weighted by molar-refractivity contribution is 6.31. The van der Waals surface area contributed by atoms with Gasteiger partial charge >= 0.3 is 0 Å². The number of anilines is 1. The van der Waals surface area contributed by atoms with Gasteiger partial charge in [0.25, 0.3) is 0 Å². The van der Waals surface area contributed by atoms with Crippen LogP contribution in [0.1, 0.15) is 31.4 Å². The number of carbonyl (C=O) groups excluding carboxylic acids is 2. The number of benzene rings is 3. The van der Waals surface area contributed by atoms with Crippen LogP contribution in [0.15, 0.2) is 72.9 Å². The Hall–Kier alpha value is -3.71. The molecule has 6 nitrogen and oxygen atoms in total. The molecule has 0 spiro atoms. The van der Waals surface area contributed by atoms with Crippen molar-refractivity contribution in [2.45, 2.75) is 31.8 Å². The van der Waals surface area contributed by atoms with Crippen LogP contribution in [0, 0.1) is 17.7 Å². The van der Waals surface area contributed by atoms with E-state index in [4.69, 9.17) is 11.6 Å². The van der Waals surface area contributed by atoms with E-state index in [1.54, 1.807) is 34.0 Å². The fourth-order valence-corrected chi connectivity index (χ4v) is 5.32. The van der Waals surface area contributed by atoms with E-state index in [1.165, 1.54) is 12.1 Å². The summed E-state index contributed by atoms with van der Waals surface area (Å²) >= 11 is 6.62. The summed E-state index contributed by atoms with van der Waals surface area (Å²) in [6.45, 7) is 1.86. The van der Waals surface area contributed by atoms with Gasteiger partial charge in [0.15, 0.2) is 0 Å². The number of halogens is 2. The summed E-state index contributed by atoms with van der Waals surface area (Å²) in [5.74, 6) is -0.789. The summed E-state index contributed by atoms with van der Waals surface area (Å²) in [6.07, 6.45) is 3.50. The van der Waals surface area contributed by atoms with Crippen LogP contribution in [-0.4, -0.2) is 27.6 Å². The number of rotatable bonds is 5. The maximum atomic E-state index is 13.6. The minimum atomic E-state index is -0.450. The van der Waals surface area contributed by atoms with Gasteiger partial charge in [-0.1, -0.05) is 36.7 Å². The van der Waals surface area contributed by atoms with E-state index >= 15 is 0 Å². The first kappa shape index (κ1) is 22.7. The summed E-state index contributed by atoms with van der Waals surface area (Å²) < 4.78 is 15.1. The van der Waals surface area contributed by atoms with Crippen LogP contribution >= 0.6 is 11.6 Å². The van der Waals surface area contributed by atoms with Crippen molar-refractivity contribution >= 4 is 40.0 Å². The number of nitrogens with one attached hydrogen (secondary N) is 1. The summed E-state index contributed by atoms with van der Waals surface area (Å²) in [5, 5.41) is 9.02. The topological polar surface area (TPSA) is 67.2 Å². The molecule has 2 heterocycles. The lowest BCUT2D eigenvalue weighted by molar-refractivity contribution is -0.123. The number of carbonyl (C=O) groups is 2. The van der Waals surface area contributed by atoms with E-state index in [0.717, 1.165) is 35.0 Å². The van der Waals surface area contributed by atoms with Gasteiger partial charge < -0.3 is 10.2 Å². The monoisotopic (exact) mass is 502 g/mol. The van der Waals surface area contributed by atoms with Gasteiger partial charge in [0, 0.05) is 22.0 Å². The van der Waals surface area contributed by atoms with E-state index in [1.807, 2.05) is 43.3 Å². The van der Waals surface area contributed by atoms with E-state index in [9.17, 15) is 14.0 Å². The molecule has 1 N–H and O–H groups in total. The van der Waals surface area contributed by atoms with Gasteiger partial charge in [-0.25, -0.2) is 9.07 Å². The molecule has 6 rings (SSSR count). The van der Waals surface area contributed by atoms with Crippen LogP contribution in [0.25, 0.3) is 16.6 Å². The highest BCUT2D eigenvalue weighted by Gasteiger charge is 2.49. The molecule has 2 aliphatic rings. The number of aromatic nitrogens is 2. The fourth-order valence-electron chi connectivity index (χ4n) is 5.07. The van der Waals surface area contributed by atoms with Gasteiger partial charge in [0.1, 0.15) is 5.82 Å². The number of amides is 2. The van der Waals surface area contributed by atoms with Crippen molar-refractivity contribution in [2.24, 2.45) is 11.8 Å². The smallest absolute Gasteiger partial charge is 0.232 e. The van der Waals surface area contributed by atoms with E-state index in [0.29, 0.717) is 10.7 Å². The Kier molecular flexibility index (Phi) is 5.52. The van der Waals surface area contributed by atoms with Crippen LogP contribution in [-0.2, 0) is 9.59 Å². The first-order chi connectivity index (χ1) is 17.4. The van der Waals surface area contributed by atoms with Gasteiger partial charge in [0.2, 0.25) is 11.8 Å². The number of fused-ring (bicyclic) bond motifs is 1. The molecule has 1 aliphatic heterocycles. The molecule has 1 aliphatic carbocycles. The molecule has 0 radical (unpaired) electrons. The molecule has 182 valence electrons. The summed E-state index contributed by atoms with van der Waals surface area (Å²) in [6, 6.07) is 18.4. The highest BCUT2D eigenvalue weighted by atomic mass is 35.5. The third-order valence-corrected chi connectivity index (χ3v) is 7.51. The maximum absolute atomic E-state index is 13.6. The molecule has 3 atom stereocenters. The molecular formula is C28H24ClFN4O2. The summed E-state index contributed by atoms with van der Waals surface area (Å²) in [4.78, 5) is 28.1. The van der Waals surface area contributed by atoms with Crippen molar-refractivity contribution < 1.29 is 14.0 Å². The fraction of sp³-hybridized carbons (Fsp3) is 0.250. The standard InChI is InChI=1S/C28H24ClFN4O2/c1-16-25(32-27(35)17-6-7-17)26(22-4-2-3-5-23(22)29)33(28(16)36)21-12-13-24-18(14-21)15-31-34(24)20-10-8-19(30)9-11-20/h2-5,8-17,25-26H,6-7H2,1H3,(H,32,35)/t16-,25?,26-/m1/s1. The van der Waals surface area contributed by atoms with Crippen molar-refractivity contribution in [1.29, 1.82) is 0 Å². The first-order valence-electron chi connectivity index (χ1n) is 12.0. The molecule has 36 heavy (non-hydrogen) atoms. The number of hydrogen-bond acceptors (Lipinski definition) is 3. The van der Waals surface area contributed by atoms with Crippen molar-refractivity contribution in [2.75, 3.05) is 4.90 Å². The van der Waals surface area contributed by atoms with E-state index in [-0.39, 0.29) is 23.5 Å². The van der Waals surface area contributed by atoms with Gasteiger partial charge in [-0.2, -0.15) is 5.10 Å². The zero-order valence-electron chi connectivity index (χ0n) is 19.6. The SMILES string of the molecule is C[C@H]1C(=O)N(c2ccc3c(cnn3-c3ccc(F)cc3)c2)[C@H](c2ccccc2Cl)C1NC(=O)C1CC1. The molecule has 2 amide bonds. The summed E-state index contributed by atoms with van der Waals surface area (Å²) in [5.41, 5.74) is 3.06. The van der Waals surface area contributed by atoms with Crippen LogP contribution in [0.3, 0.4) is 0 Å². The molecule has 3 aromatic carbocycles. The van der Waals surface area contributed by atoms with Crippen LogP contribution in [0.4, 0.5) is 10.1 Å². The van der Waals surface area contributed by atoms with Crippen LogP contribution < -0.4 is 10.2 Å². The zero-order valence-corrected chi connectivity index (χ0v) is 20.3. The lowest BCUT2D eigenvalue weighted by Gasteiger charge is -2.30. The van der Waals surface area contributed by atoms with Crippen LogP contribution in [0.2, 0.25) is 5.02 Å². The average molecular weight is 503 g/mol. The molecule has 1 aromatic heterocycles. The van der Waals surface area contributed by atoms with Crippen molar-refractivity contribution in [3.05, 3.63) is 89.3 Å². The maximum Gasteiger partial charge on any atom is 0.232 e. The van der Waals surface area contributed by atoms with Gasteiger partial charge in [0.05, 0.1) is 35.4 Å². The number of hydrogen-bond donors (Lipinski definition) is 1. The second-order valence-electron chi connectivity index (χ2n) is 9.55. The number of nitrogens with zero attached hydrogens (tertiary/aromatic N) is 3. The molecule has 2 fully saturated rings.